The van der Waals surface area contributed by atoms with Gasteiger partial charge in [-0.3, -0.25) is 9.89 Å². The van der Waals surface area contributed by atoms with Crippen LogP contribution in [0.25, 0.3) is 11.1 Å². The quantitative estimate of drug-likeness (QED) is 0.695. The molecule has 0 aromatic heterocycles. The number of benzene rings is 3. The molecule has 0 fully saturated rings. The lowest BCUT2D eigenvalue weighted by atomic mass is 9.81. The summed E-state index contributed by atoms with van der Waals surface area (Å²) in [6, 6.07) is 23.1. The number of aromatic hydroxyl groups is 1. The first-order chi connectivity index (χ1) is 14.1. The summed E-state index contributed by atoms with van der Waals surface area (Å²) in [6.45, 7) is 1.40. The summed E-state index contributed by atoms with van der Waals surface area (Å²) < 4.78 is 0. The topological polar surface area (TPSA) is 74.2 Å². The lowest BCUT2D eigenvalue weighted by Gasteiger charge is -2.29. The van der Waals surface area contributed by atoms with Crippen molar-refractivity contribution in [3.05, 3.63) is 88.9 Å². The minimum Gasteiger partial charge on any atom is -0.508 e. The molecule has 3 N–H and O–H groups in total. The van der Waals surface area contributed by atoms with Crippen molar-refractivity contribution >= 4 is 23.4 Å². The Bertz CT molecular complexity index is 1160. The van der Waals surface area contributed by atoms with E-state index in [1.165, 1.54) is 0 Å². The molecule has 6 heteroatoms. The third-order valence-electron chi connectivity index (χ3n) is 5.45. The summed E-state index contributed by atoms with van der Waals surface area (Å²) >= 11 is 6.20. The van der Waals surface area contributed by atoms with Crippen LogP contribution in [-0.2, 0) is 5.54 Å². The Balaban J connectivity index is 1.73. The summed E-state index contributed by atoms with van der Waals surface area (Å²) in [5.74, 6) is 1.49. The molecule has 0 bridgehead atoms. The zero-order chi connectivity index (χ0) is 20.0. The molecule has 2 heterocycles. The number of hydrogen-bond acceptors (Lipinski definition) is 5. The molecule has 0 aliphatic carbocycles. The minimum absolute atomic E-state index is 0.205. The first kappa shape index (κ1) is 17.8. The Kier molecular flexibility index (Phi) is 4.07. The van der Waals surface area contributed by atoms with Gasteiger partial charge in [-0.15, -0.1) is 0 Å². The van der Waals surface area contributed by atoms with Gasteiger partial charge in [0.2, 0.25) is 0 Å². The van der Waals surface area contributed by atoms with Gasteiger partial charge in [0.15, 0.2) is 11.5 Å². The molecular formula is C23H19ClN4O. The molecule has 5 rings (SSSR count). The Labute approximate surface area is 173 Å². The maximum Gasteiger partial charge on any atom is 0.198 e. The standard InChI is InChI=1S/C23H19ClN4O/c24-19-6-2-4-16(14-19)15-3-1-5-18(13-15)23(17-7-9-20(29)10-8-17)21-26-11-12-28(21)22(25)27-23/h1-10,13-14,29H,11-12H2,(H2,25,27). The molecule has 1 unspecified atom stereocenters. The minimum atomic E-state index is -0.844. The van der Waals surface area contributed by atoms with E-state index in [9.17, 15) is 5.11 Å². The molecule has 0 saturated carbocycles. The summed E-state index contributed by atoms with van der Waals surface area (Å²) in [5, 5.41) is 10.5. The largest absolute Gasteiger partial charge is 0.508 e. The second-order valence-corrected chi connectivity index (χ2v) is 7.61. The Morgan fingerprint density at radius 1 is 0.931 bits per heavy atom. The highest BCUT2D eigenvalue weighted by atomic mass is 35.5. The lowest BCUT2D eigenvalue weighted by molar-refractivity contribution is 0.474. The van der Waals surface area contributed by atoms with Crippen LogP contribution >= 0.6 is 11.6 Å². The fourth-order valence-corrected chi connectivity index (χ4v) is 4.30. The van der Waals surface area contributed by atoms with Crippen LogP contribution in [0.1, 0.15) is 11.1 Å². The van der Waals surface area contributed by atoms with Crippen molar-refractivity contribution in [1.29, 1.82) is 0 Å². The number of phenols is 1. The van der Waals surface area contributed by atoms with E-state index < -0.39 is 5.54 Å². The van der Waals surface area contributed by atoms with E-state index in [-0.39, 0.29) is 5.75 Å². The predicted octanol–water partition coefficient (Wildman–Crippen LogP) is 4.00. The second-order valence-electron chi connectivity index (χ2n) is 7.18. The second kappa shape index (κ2) is 6.64. The van der Waals surface area contributed by atoms with Crippen molar-refractivity contribution in [2.24, 2.45) is 15.7 Å². The van der Waals surface area contributed by atoms with E-state index in [2.05, 4.69) is 12.1 Å². The number of amidine groups is 1. The van der Waals surface area contributed by atoms with Crippen LogP contribution in [0.15, 0.2) is 82.8 Å². The maximum atomic E-state index is 9.80. The number of guanidine groups is 1. The average Bonchev–Trinajstić information content (AvgIpc) is 3.32. The van der Waals surface area contributed by atoms with Crippen molar-refractivity contribution in [3.63, 3.8) is 0 Å². The van der Waals surface area contributed by atoms with E-state index in [1.807, 2.05) is 53.4 Å². The lowest BCUT2D eigenvalue weighted by Crippen LogP contribution is -2.41. The molecule has 1 atom stereocenters. The number of aliphatic imine (C=N–C) groups is 2. The van der Waals surface area contributed by atoms with Gasteiger partial charge in [0, 0.05) is 11.6 Å². The van der Waals surface area contributed by atoms with Gasteiger partial charge < -0.3 is 10.8 Å². The van der Waals surface area contributed by atoms with E-state index in [0.29, 0.717) is 17.5 Å². The molecule has 3 aromatic carbocycles. The molecule has 2 aliphatic rings. The Morgan fingerprint density at radius 2 is 1.66 bits per heavy atom. The zero-order valence-corrected chi connectivity index (χ0v) is 16.3. The molecule has 0 radical (unpaired) electrons. The van der Waals surface area contributed by atoms with Gasteiger partial charge in [-0.2, -0.15) is 0 Å². The van der Waals surface area contributed by atoms with Crippen molar-refractivity contribution in [2.45, 2.75) is 5.54 Å². The van der Waals surface area contributed by atoms with Gasteiger partial charge in [-0.05, 0) is 52.6 Å². The van der Waals surface area contributed by atoms with E-state index in [0.717, 1.165) is 34.6 Å². The molecule has 144 valence electrons. The van der Waals surface area contributed by atoms with Crippen molar-refractivity contribution in [3.8, 4) is 16.9 Å². The van der Waals surface area contributed by atoms with Crippen LogP contribution in [0, 0.1) is 0 Å². The highest BCUT2D eigenvalue weighted by Gasteiger charge is 2.49. The van der Waals surface area contributed by atoms with Gasteiger partial charge in [0.05, 0.1) is 6.54 Å². The van der Waals surface area contributed by atoms with E-state index >= 15 is 0 Å². The highest BCUT2D eigenvalue weighted by molar-refractivity contribution is 6.30. The van der Waals surface area contributed by atoms with Crippen LogP contribution in [-0.4, -0.2) is 34.9 Å². The summed E-state index contributed by atoms with van der Waals surface area (Å²) in [7, 11) is 0. The van der Waals surface area contributed by atoms with Crippen molar-refractivity contribution in [1.82, 2.24) is 4.90 Å². The first-order valence-electron chi connectivity index (χ1n) is 9.42. The third kappa shape index (κ3) is 2.77. The molecule has 29 heavy (non-hydrogen) atoms. The number of halogens is 1. The highest BCUT2D eigenvalue weighted by Crippen LogP contribution is 2.43. The molecule has 0 amide bonds. The fraction of sp³-hybridized carbons (Fsp3) is 0.130. The third-order valence-corrected chi connectivity index (χ3v) is 5.68. The predicted molar refractivity (Wildman–Crippen MR) is 116 cm³/mol. The molecule has 0 saturated heterocycles. The molecule has 3 aromatic rings. The summed E-state index contributed by atoms with van der Waals surface area (Å²) in [5.41, 5.74) is 9.39. The Morgan fingerprint density at radius 3 is 2.41 bits per heavy atom. The van der Waals surface area contributed by atoms with Gasteiger partial charge >= 0.3 is 0 Å². The van der Waals surface area contributed by atoms with Crippen LogP contribution in [0.2, 0.25) is 5.02 Å². The van der Waals surface area contributed by atoms with Crippen LogP contribution in [0.3, 0.4) is 0 Å². The Hall–Kier alpha value is -3.31. The monoisotopic (exact) mass is 402 g/mol. The zero-order valence-electron chi connectivity index (χ0n) is 15.6. The SMILES string of the molecule is NC1=NC(c2ccc(O)cc2)(c2cccc(-c3cccc(Cl)c3)c2)C2=NCCN12. The van der Waals surface area contributed by atoms with Gasteiger partial charge in [0.25, 0.3) is 0 Å². The van der Waals surface area contributed by atoms with Gasteiger partial charge in [-0.1, -0.05) is 54.1 Å². The first-order valence-corrected chi connectivity index (χ1v) is 9.79. The number of rotatable bonds is 3. The van der Waals surface area contributed by atoms with Crippen LogP contribution in [0.5, 0.6) is 5.75 Å². The van der Waals surface area contributed by atoms with Crippen molar-refractivity contribution in [2.75, 3.05) is 13.1 Å². The smallest absolute Gasteiger partial charge is 0.198 e. The van der Waals surface area contributed by atoms with Crippen LogP contribution < -0.4 is 5.73 Å². The average molecular weight is 403 g/mol. The number of fused-ring (bicyclic) bond motifs is 1. The van der Waals surface area contributed by atoms with Gasteiger partial charge in [-0.25, -0.2) is 4.99 Å². The molecule has 5 nitrogen and oxygen atoms in total. The summed E-state index contributed by atoms with van der Waals surface area (Å²) in [4.78, 5) is 11.6. The van der Waals surface area contributed by atoms with Crippen LogP contribution in [0.4, 0.5) is 0 Å². The molecule has 2 aliphatic heterocycles. The van der Waals surface area contributed by atoms with Gasteiger partial charge in [0.1, 0.15) is 11.6 Å². The number of nitrogens with zero attached hydrogens (tertiary/aromatic N) is 3. The maximum absolute atomic E-state index is 9.80. The summed E-state index contributed by atoms with van der Waals surface area (Å²) in [6.07, 6.45) is 0. The molecule has 0 spiro atoms. The van der Waals surface area contributed by atoms with Crippen molar-refractivity contribution < 1.29 is 5.11 Å². The fourth-order valence-electron chi connectivity index (χ4n) is 4.11. The van der Waals surface area contributed by atoms with E-state index in [1.54, 1.807) is 12.1 Å². The normalized spacial score (nSPS) is 20.4. The number of hydrogen-bond donors (Lipinski definition) is 2. The molecular weight excluding hydrogens is 384 g/mol. The number of phenolic OH excluding ortho intramolecular Hbond substituents is 1. The number of nitrogens with two attached hydrogens (primary N) is 1. The van der Waals surface area contributed by atoms with E-state index in [4.69, 9.17) is 27.3 Å².